The predicted octanol–water partition coefficient (Wildman–Crippen LogP) is 2.73. The average Bonchev–Trinajstić information content (AvgIpc) is 2.22. The molecular formula is C11H17BrN2O. The van der Waals surface area contributed by atoms with E-state index in [-0.39, 0.29) is 6.61 Å². The molecule has 0 saturated heterocycles. The van der Waals surface area contributed by atoms with Crippen molar-refractivity contribution in [3.8, 4) is 0 Å². The standard InChI is InChI=1S/C11H17BrN2O/c1-8-5-6-13-11(10(8)12)14-9(2)4-3-7-15/h5-6,9,15H,3-4,7H2,1-2H3,(H,13,14). The predicted molar refractivity (Wildman–Crippen MR) is 66.1 cm³/mol. The minimum Gasteiger partial charge on any atom is -0.396 e. The van der Waals surface area contributed by atoms with Crippen LogP contribution in [0.25, 0.3) is 0 Å². The number of hydrogen-bond acceptors (Lipinski definition) is 3. The van der Waals surface area contributed by atoms with Crippen LogP contribution in [-0.4, -0.2) is 22.7 Å². The van der Waals surface area contributed by atoms with Gasteiger partial charge in [-0.2, -0.15) is 0 Å². The normalized spacial score (nSPS) is 12.5. The highest BCUT2D eigenvalue weighted by molar-refractivity contribution is 9.10. The van der Waals surface area contributed by atoms with Crippen LogP contribution >= 0.6 is 15.9 Å². The Hall–Kier alpha value is -0.610. The number of nitrogens with one attached hydrogen (secondary N) is 1. The van der Waals surface area contributed by atoms with Crippen molar-refractivity contribution in [1.82, 2.24) is 4.98 Å². The van der Waals surface area contributed by atoms with Crippen LogP contribution in [0.2, 0.25) is 0 Å². The number of rotatable bonds is 5. The van der Waals surface area contributed by atoms with Gasteiger partial charge in [-0.25, -0.2) is 4.98 Å². The lowest BCUT2D eigenvalue weighted by Crippen LogP contribution is -2.16. The summed E-state index contributed by atoms with van der Waals surface area (Å²) < 4.78 is 1.01. The molecule has 0 fully saturated rings. The van der Waals surface area contributed by atoms with E-state index in [0.717, 1.165) is 23.1 Å². The van der Waals surface area contributed by atoms with Gasteiger partial charge in [-0.15, -0.1) is 0 Å². The number of halogens is 1. The molecule has 0 aliphatic carbocycles. The molecule has 3 nitrogen and oxygen atoms in total. The summed E-state index contributed by atoms with van der Waals surface area (Å²) in [4.78, 5) is 4.27. The molecule has 0 amide bonds. The molecule has 0 aliphatic heterocycles. The van der Waals surface area contributed by atoms with E-state index in [1.807, 2.05) is 13.0 Å². The van der Waals surface area contributed by atoms with Gasteiger partial charge in [0.15, 0.2) is 0 Å². The summed E-state index contributed by atoms with van der Waals surface area (Å²) in [5.74, 6) is 0.875. The van der Waals surface area contributed by atoms with E-state index < -0.39 is 0 Å². The molecule has 0 bridgehead atoms. The summed E-state index contributed by atoms with van der Waals surface area (Å²) in [7, 11) is 0. The molecule has 1 heterocycles. The third-order valence-corrected chi connectivity index (χ3v) is 3.26. The second-order valence-corrected chi connectivity index (χ2v) is 4.49. The summed E-state index contributed by atoms with van der Waals surface area (Å²) in [6, 6.07) is 2.29. The molecular weight excluding hydrogens is 256 g/mol. The van der Waals surface area contributed by atoms with Crippen molar-refractivity contribution >= 4 is 21.7 Å². The van der Waals surface area contributed by atoms with E-state index in [1.165, 1.54) is 5.56 Å². The van der Waals surface area contributed by atoms with Crippen LogP contribution in [-0.2, 0) is 0 Å². The van der Waals surface area contributed by atoms with Crippen LogP contribution in [0.1, 0.15) is 25.3 Å². The van der Waals surface area contributed by atoms with Crippen molar-refractivity contribution in [3.05, 3.63) is 22.3 Å². The van der Waals surface area contributed by atoms with Crippen molar-refractivity contribution < 1.29 is 5.11 Å². The molecule has 0 spiro atoms. The highest BCUT2D eigenvalue weighted by atomic mass is 79.9. The molecule has 84 valence electrons. The molecule has 1 unspecified atom stereocenters. The molecule has 0 saturated carbocycles. The summed E-state index contributed by atoms with van der Waals surface area (Å²) in [6.07, 6.45) is 3.55. The lowest BCUT2D eigenvalue weighted by molar-refractivity contribution is 0.282. The summed E-state index contributed by atoms with van der Waals surface area (Å²) in [5, 5.41) is 12.0. The van der Waals surface area contributed by atoms with Gasteiger partial charge in [0.05, 0.1) is 4.47 Å². The van der Waals surface area contributed by atoms with Crippen molar-refractivity contribution in [3.63, 3.8) is 0 Å². The van der Waals surface area contributed by atoms with E-state index in [9.17, 15) is 0 Å². The number of aromatic nitrogens is 1. The van der Waals surface area contributed by atoms with E-state index in [0.29, 0.717) is 6.04 Å². The fourth-order valence-electron chi connectivity index (χ4n) is 1.34. The fraction of sp³-hybridized carbons (Fsp3) is 0.545. The Kier molecular flexibility index (Phi) is 5.05. The Bertz CT molecular complexity index is 317. The van der Waals surface area contributed by atoms with Crippen LogP contribution in [0.3, 0.4) is 0 Å². The Balaban J connectivity index is 2.60. The zero-order valence-corrected chi connectivity index (χ0v) is 10.7. The molecule has 4 heteroatoms. The largest absolute Gasteiger partial charge is 0.396 e. The van der Waals surface area contributed by atoms with Gasteiger partial charge in [0, 0.05) is 18.8 Å². The summed E-state index contributed by atoms with van der Waals surface area (Å²) >= 11 is 3.50. The number of anilines is 1. The smallest absolute Gasteiger partial charge is 0.140 e. The van der Waals surface area contributed by atoms with Crippen LogP contribution in [0.15, 0.2) is 16.7 Å². The summed E-state index contributed by atoms with van der Waals surface area (Å²) in [5.41, 5.74) is 1.17. The molecule has 15 heavy (non-hydrogen) atoms. The Morgan fingerprint density at radius 3 is 3.00 bits per heavy atom. The van der Waals surface area contributed by atoms with Crippen LogP contribution in [0.4, 0.5) is 5.82 Å². The summed E-state index contributed by atoms with van der Waals surface area (Å²) in [6.45, 7) is 4.37. The Morgan fingerprint density at radius 2 is 2.33 bits per heavy atom. The zero-order valence-electron chi connectivity index (χ0n) is 9.13. The first-order chi connectivity index (χ1) is 7.15. The maximum Gasteiger partial charge on any atom is 0.140 e. The first-order valence-corrected chi connectivity index (χ1v) is 5.93. The number of pyridine rings is 1. The quantitative estimate of drug-likeness (QED) is 0.867. The van der Waals surface area contributed by atoms with Crippen LogP contribution < -0.4 is 5.32 Å². The van der Waals surface area contributed by atoms with Crippen LogP contribution in [0, 0.1) is 6.92 Å². The van der Waals surface area contributed by atoms with Crippen molar-refractivity contribution in [2.75, 3.05) is 11.9 Å². The van der Waals surface area contributed by atoms with Gasteiger partial charge >= 0.3 is 0 Å². The number of aliphatic hydroxyl groups excluding tert-OH is 1. The number of hydrogen-bond donors (Lipinski definition) is 2. The maximum absolute atomic E-state index is 8.73. The van der Waals surface area contributed by atoms with Crippen molar-refractivity contribution in [2.45, 2.75) is 32.7 Å². The lowest BCUT2D eigenvalue weighted by atomic mass is 10.2. The van der Waals surface area contributed by atoms with E-state index in [2.05, 4.69) is 33.2 Å². The molecule has 0 aliphatic rings. The molecule has 1 aromatic rings. The molecule has 1 atom stereocenters. The molecule has 0 radical (unpaired) electrons. The lowest BCUT2D eigenvalue weighted by Gasteiger charge is -2.15. The first-order valence-electron chi connectivity index (χ1n) is 5.13. The monoisotopic (exact) mass is 272 g/mol. The molecule has 1 rings (SSSR count). The van der Waals surface area contributed by atoms with E-state index >= 15 is 0 Å². The number of aryl methyl sites for hydroxylation is 1. The number of aliphatic hydroxyl groups is 1. The van der Waals surface area contributed by atoms with Crippen molar-refractivity contribution in [2.24, 2.45) is 0 Å². The average molecular weight is 273 g/mol. The minimum atomic E-state index is 0.244. The highest BCUT2D eigenvalue weighted by Gasteiger charge is 2.07. The SMILES string of the molecule is Cc1ccnc(NC(C)CCCO)c1Br. The second-order valence-electron chi connectivity index (χ2n) is 3.70. The second kappa shape index (κ2) is 6.08. The third-order valence-electron chi connectivity index (χ3n) is 2.26. The van der Waals surface area contributed by atoms with Crippen LogP contribution in [0.5, 0.6) is 0 Å². The zero-order chi connectivity index (χ0) is 11.3. The number of nitrogens with zero attached hydrogens (tertiary/aromatic N) is 1. The Labute approximate surface area is 99.1 Å². The van der Waals surface area contributed by atoms with Crippen molar-refractivity contribution in [1.29, 1.82) is 0 Å². The van der Waals surface area contributed by atoms with E-state index in [4.69, 9.17) is 5.11 Å². The highest BCUT2D eigenvalue weighted by Crippen LogP contribution is 2.24. The minimum absolute atomic E-state index is 0.244. The van der Waals surface area contributed by atoms with Gasteiger partial charge in [0.1, 0.15) is 5.82 Å². The van der Waals surface area contributed by atoms with E-state index in [1.54, 1.807) is 6.20 Å². The molecule has 1 aromatic heterocycles. The van der Waals surface area contributed by atoms with Gasteiger partial charge in [0.25, 0.3) is 0 Å². The molecule has 2 N–H and O–H groups in total. The van der Waals surface area contributed by atoms with Gasteiger partial charge < -0.3 is 10.4 Å². The fourth-order valence-corrected chi connectivity index (χ4v) is 1.69. The van der Waals surface area contributed by atoms with Gasteiger partial charge in [-0.1, -0.05) is 0 Å². The molecule has 0 aromatic carbocycles. The maximum atomic E-state index is 8.73. The third kappa shape index (κ3) is 3.80. The van der Waals surface area contributed by atoms with Gasteiger partial charge in [-0.05, 0) is 54.2 Å². The first kappa shape index (κ1) is 12.5. The van der Waals surface area contributed by atoms with Gasteiger partial charge in [-0.3, -0.25) is 0 Å². The topological polar surface area (TPSA) is 45.2 Å². The van der Waals surface area contributed by atoms with Gasteiger partial charge in [0.2, 0.25) is 0 Å². The Morgan fingerprint density at radius 1 is 1.60 bits per heavy atom.